The summed E-state index contributed by atoms with van der Waals surface area (Å²) in [6, 6.07) is 14.1. The van der Waals surface area contributed by atoms with Crippen LogP contribution in [0.3, 0.4) is 0 Å². The number of amides is 2. The normalized spacial score (nSPS) is 10.1. The first-order valence-corrected chi connectivity index (χ1v) is 7.72. The minimum Gasteiger partial charge on any atom is -0.324 e. The third-order valence-corrected chi connectivity index (χ3v) is 3.64. The van der Waals surface area contributed by atoms with Gasteiger partial charge in [0.2, 0.25) is 11.8 Å². The molecule has 0 aromatic heterocycles. The monoisotopic (exact) mass is 380 g/mol. The predicted octanol–water partition coefficient (Wildman–Crippen LogP) is 4.09. The number of carbonyl (C=O) groups excluding carboxylic acids is 2. The Balaban J connectivity index is 2.11. The van der Waals surface area contributed by atoms with E-state index < -0.39 is 0 Å². The van der Waals surface area contributed by atoms with E-state index in [-0.39, 0.29) is 18.4 Å². The number of nitrogens with zero attached hydrogens (tertiary/aromatic N) is 1. The second-order valence-electron chi connectivity index (χ2n) is 4.64. The van der Waals surface area contributed by atoms with E-state index in [1.165, 1.54) is 11.8 Å². The quantitative estimate of drug-likeness (QED) is 0.867. The highest BCUT2D eigenvalue weighted by atomic mass is 79.9. The second-order valence-corrected chi connectivity index (χ2v) is 6.00. The minimum absolute atomic E-state index is 0.0812. The maximum atomic E-state index is 12.1. The summed E-state index contributed by atoms with van der Waals surface area (Å²) in [7, 11) is 0. The molecule has 0 aliphatic rings. The molecule has 0 saturated carbocycles. The average Bonchev–Trinajstić information content (AvgIpc) is 2.44. The van der Waals surface area contributed by atoms with Crippen LogP contribution in [0.2, 0.25) is 5.02 Å². The van der Waals surface area contributed by atoms with Crippen molar-refractivity contribution in [1.82, 2.24) is 0 Å². The number of halogens is 2. The Labute approximate surface area is 142 Å². The van der Waals surface area contributed by atoms with Crippen molar-refractivity contribution in [2.45, 2.75) is 6.92 Å². The largest absolute Gasteiger partial charge is 0.324 e. The first-order valence-electron chi connectivity index (χ1n) is 6.55. The Kier molecular flexibility index (Phi) is 5.57. The molecule has 0 bridgehead atoms. The number of rotatable bonds is 4. The Morgan fingerprint density at radius 2 is 1.91 bits per heavy atom. The van der Waals surface area contributed by atoms with Gasteiger partial charge in [0.05, 0.1) is 0 Å². The van der Waals surface area contributed by atoms with Gasteiger partial charge in [0.1, 0.15) is 6.54 Å². The van der Waals surface area contributed by atoms with Crippen molar-refractivity contribution in [3.05, 3.63) is 58.0 Å². The van der Waals surface area contributed by atoms with Gasteiger partial charge in [0.25, 0.3) is 0 Å². The summed E-state index contributed by atoms with van der Waals surface area (Å²) in [4.78, 5) is 25.3. The molecule has 4 nitrogen and oxygen atoms in total. The van der Waals surface area contributed by atoms with E-state index in [9.17, 15) is 9.59 Å². The van der Waals surface area contributed by atoms with Crippen molar-refractivity contribution >= 4 is 50.7 Å². The Bertz CT molecular complexity index is 706. The van der Waals surface area contributed by atoms with Gasteiger partial charge in [0.15, 0.2) is 0 Å². The summed E-state index contributed by atoms with van der Waals surface area (Å²) in [5.74, 6) is -0.514. The molecule has 2 aromatic rings. The standard InChI is InChI=1S/C16H14BrClN2O2/c1-11(21)20(15-7-3-5-13(18)9-15)10-16(22)19-14-6-2-4-12(17)8-14/h2-9H,10H2,1H3,(H,19,22). The smallest absolute Gasteiger partial charge is 0.244 e. The fraction of sp³-hybridized carbons (Fsp3) is 0.125. The van der Waals surface area contributed by atoms with E-state index in [2.05, 4.69) is 21.2 Å². The number of hydrogen-bond acceptors (Lipinski definition) is 2. The lowest BCUT2D eigenvalue weighted by molar-refractivity contribution is -0.120. The van der Waals surface area contributed by atoms with Crippen molar-refractivity contribution in [3.8, 4) is 0 Å². The summed E-state index contributed by atoms with van der Waals surface area (Å²) in [5.41, 5.74) is 1.25. The molecule has 22 heavy (non-hydrogen) atoms. The SMILES string of the molecule is CC(=O)N(CC(=O)Nc1cccc(Br)c1)c1cccc(Cl)c1. The Hall–Kier alpha value is -1.85. The van der Waals surface area contributed by atoms with Gasteiger partial charge in [-0.25, -0.2) is 0 Å². The lowest BCUT2D eigenvalue weighted by Crippen LogP contribution is -2.36. The van der Waals surface area contributed by atoms with E-state index in [1.807, 2.05) is 12.1 Å². The van der Waals surface area contributed by atoms with E-state index in [0.717, 1.165) is 4.47 Å². The maximum Gasteiger partial charge on any atom is 0.244 e. The molecule has 0 aliphatic heterocycles. The molecule has 1 N–H and O–H groups in total. The number of benzene rings is 2. The Morgan fingerprint density at radius 3 is 2.55 bits per heavy atom. The highest BCUT2D eigenvalue weighted by Crippen LogP contribution is 2.20. The van der Waals surface area contributed by atoms with Crippen molar-refractivity contribution in [2.75, 3.05) is 16.8 Å². The van der Waals surface area contributed by atoms with Crippen LogP contribution in [0.1, 0.15) is 6.92 Å². The van der Waals surface area contributed by atoms with E-state index in [0.29, 0.717) is 16.4 Å². The second kappa shape index (κ2) is 7.42. The third kappa shape index (κ3) is 4.58. The molecule has 0 radical (unpaired) electrons. The predicted molar refractivity (Wildman–Crippen MR) is 92.3 cm³/mol. The van der Waals surface area contributed by atoms with Crippen LogP contribution in [-0.2, 0) is 9.59 Å². The molecule has 2 rings (SSSR count). The number of anilines is 2. The van der Waals surface area contributed by atoms with Crippen LogP contribution >= 0.6 is 27.5 Å². The van der Waals surface area contributed by atoms with Crippen molar-refractivity contribution in [2.24, 2.45) is 0 Å². The van der Waals surface area contributed by atoms with Gasteiger partial charge in [-0.15, -0.1) is 0 Å². The van der Waals surface area contributed by atoms with E-state index in [4.69, 9.17) is 11.6 Å². The van der Waals surface area contributed by atoms with Gasteiger partial charge in [-0.3, -0.25) is 9.59 Å². The van der Waals surface area contributed by atoms with Gasteiger partial charge in [-0.05, 0) is 36.4 Å². The molecular formula is C16H14BrClN2O2. The van der Waals surface area contributed by atoms with Crippen molar-refractivity contribution in [1.29, 1.82) is 0 Å². The maximum absolute atomic E-state index is 12.1. The van der Waals surface area contributed by atoms with Crippen LogP contribution in [0.4, 0.5) is 11.4 Å². The molecule has 2 amide bonds. The molecule has 2 aromatic carbocycles. The summed E-state index contributed by atoms with van der Waals surface area (Å²) in [6.45, 7) is 1.33. The van der Waals surface area contributed by atoms with Gasteiger partial charge in [0, 0.05) is 27.8 Å². The highest BCUT2D eigenvalue weighted by Gasteiger charge is 2.16. The molecule has 114 valence electrons. The first-order chi connectivity index (χ1) is 10.5. The van der Waals surface area contributed by atoms with E-state index >= 15 is 0 Å². The van der Waals surface area contributed by atoms with Gasteiger partial charge >= 0.3 is 0 Å². The summed E-state index contributed by atoms with van der Waals surface area (Å²) in [5, 5.41) is 3.27. The highest BCUT2D eigenvalue weighted by molar-refractivity contribution is 9.10. The van der Waals surface area contributed by atoms with Gasteiger partial charge in [-0.1, -0.05) is 39.7 Å². The van der Waals surface area contributed by atoms with Crippen LogP contribution < -0.4 is 10.2 Å². The van der Waals surface area contributed by atoms with Crippen LogP contribution in [0.15, 0.2) is 53.0 Å². The van der Waals surface area contributed by atoms with Crippen LogP contribution in [0, 0.1) is 0 Å². The van der Waals surface area contributed by atoms with Crippen molar-refractivity contribution in [3.63, 3.8) is 0 Å². The number of carbonyl (C=O) groups is 2. The molecule has 0 fully saturated rings. The zero-order valence-electron chi connectivity index (χ0n) is 11.8. The molecule has 0 atom stereocenters. The first kappa shape index (κ1) is 16.5. The minimum atomic E-state index is -0.284. The molecule has 0 saturated heterocycles. The van der Waals surface area contributed by atoms with Crippen LogP contribution in [0.5, 0.6) is 0 Å². The number of hydrogen-bond donors (Lipinski definition) is 1. The van der Waals surface area contributed by atoms with E-state index in [1.54, 1.807) is 36.4 Å². The van der Waals surface area contributed by atoms with Crippen molar-refractivity contribution < 1.29 is 9.59 Å². The average molecular weight is 382 g/mol. The number of nitrogens with one attached hydrogen (secondary N) is 1. The fourth-order valence-corrected chi connectivity index (χ4v) is 2.52. The van der Waals surface area contributed by atoms with Crippen LogP contribution in [-0.4, -0.2) is 18.4 Å². The third-order valence-electron chi connectivity index (χ3n) is 2.91. The molecule has 0 heterocycles. The topological polar surface area (TPSA) is 49.4 Å². The molecule has 0 aliphatic carbocycles. The summed E-state index contributed by atoms with van der Waals surface area (Å²) < 4.78 is 0.864. The molecular weight excluding hydrogens is 368 g/mol. The van der Waals surface area contributed by atoms with Gasteiger partial charge in [-0.2, -0.15) is 0 Å². The van der Waals surface area contributed by atoms with Crippen LogP contribution in [0.25, 0.3) is 0 Å². The summed E-state index contributed by atoms with van der Waals surface area (Å²) >= 11 is 9.27. The van der Waals surface area contributed by atoms with Gasteiger partial charge < -0.3 is 10.2 Å². The molecule has 6 heteroatoms. The summed E-state index contributed by atoms with van der Waals surface area (Å²) in [6.07, 6.45) is 0. The lowest BCUT2D eigenvalue weighted by atomic mass is 10.2. The fourth-order valence-electron chi connectivity index (χ4n) is 1.94. The molecule has 0 unspecified atom stereocenters. The molecule has 0 spiro atoms. The zero-order valence-corrected chi connectivity index (χ0v) is 14.2. The Morgan fingerprint density at radius 1 is 1.18 bits per heavy atom. The zero-order chi connectivity index (χ0) is 16.1. The lowest BCUT2D eigenvalue weighted by Gasteiger charge is -2.21.